The fourth-order valence-corrected chi connectivity index (χ4v) is 3.56. The van der Waals surface area contributed by atoms with E-state index in [1.165, 1.54) is 12.5 Å². The number of ether oxygens (including phenoxy) is 1. The van der Waals surface area contributed by atoms with Crippen LogP contribution in [0.2, 0.25) is 0 Å². The van der Waals surface area contributed by atoms with Gasteiger partial charge in [0.25, 0.3) is 5.91 Å². The normalized spacial score (nSPS) is 24.1. The predicted molar refractivity (Wildman–Crippen MR) is 86.7 cm³/mol. The Morgan fingerprint density at radius 1 is 1.43 bits per heavy atom. The van der Waals surface area contributed by atoms with E-state index in [0.29, 0.717) is 17.0 Å². The lowest BCUT2D eigenvalue weighted by Crippen LogP contribution is -2.48. The van der Waals surface area contributed by atoms with Gasteiger partial charge in [-0.2, -0.15) is 0 Å². The first-order chi connectivity index (χ1) is 11.1. The van der Waals surface area contributed by atoms with Gasteiger partial charge in [-0.1, -0.05) is 0 Å². The van der Waals surface area contributed by atoms with Gasteiger partial charge in [-0.15, -0.1) is 0 Å². The van der Waals surface area contributed by atoms with Gasteiger partial charge < -0.3 is 15.0 Å². The van der Waals surface area contributed by atoms with Crippen molar-refractivity contribution in [2.75, 3.05) is 19.6 Å². The average Bonchev–Trinajstić information content (AvgIpc) is 3.01. The number of carbonyl (C=O) groups is 1. The molecule has 1 aromatic rings. The molecule has 1 amide bonds. The molecule has 2 saturated heterocycles. The van der Waals surface area contributed by atoms with Crippen molar-refractivity contribution in [1.82, 2.24) is 10.2 Å². The van der Waals surface area contributed by atoms with Gasteiger partial charge in [-0.3, -0.25) is 4.79 Å². The summed E-state index contributed by atoms with van der Waals surface area (Å²) in [4.78, 5) is 14.8. The standard InChI is InChI=1S/C18H25FN2O2/c1-12(2)23-11-15-8-13(5-6-16(15)19)18(22)21-7-3-4-14-9-20-10-17(14)21/h5-6,8,12,14,17,20H,3-4,7,9-11H2,1-2H3/t14-,17+/m0/s1. The maximum Gasteiger partial charge on any atom is 0.254 e. The maximum atomic E-state index is 13.9. The van der Waals surface area contributed by atoms with Crippen LogP contribution in [0, 0.1) is 11.7 Å². The lowest BCUT2D eigenvalue weighted by atomic mass is 9.91. The molecule has 1 N–H and O–H groups in total. The van der Waals surface area contributed by atoms with E-state index in [1.807, 2.05) is 18.7 Å². The fourth-order valence-electron chi connectivity index (χ4n) is 3.56. The quantitative estimate of drug-likeness (QED) is 0.927. The van der Waals surface area contributed by atoms with Gasteiger partial charge in [-0.05, 0) is 50.8 Å². The van der Waals surface area contributed by atoms with Crippen LogP contribution in [0.25, 0.3) is 0 Å². The Hall–Kier alpha value is -1.46. The topological polar surface area (TPSA) is 41.6 Å². The van der Waals surface area contributed by atoms with E-state index < -0.39 is 0 Å². The summed E-state index contributed by atoms with van der Waals surface area (Å²) in [5.41, 5.74) is 1.00. The van der Waals surface area contributed by atoms with Crippen molar-refractivity contribution in [2.24, 2.45) is 5.92 Å². The molecule has 3 rings (SSSR count). The summed E-state index contributed by atoms with van der Waals surface area (Å²) in [5.74, 6) is 0.243. The van der Waals surface area contributed by atoms with Crippen molar-refractivity contribution < 1.29 is 13.9 Å². The number of hydrogen-bond donors (Lipinski definition) is 1. The number of halogens is 1. The van der Waals surface area contributed by atoms with E-state index in [-0.39, 0.29) is 30.5 Å². The van der Waals surface area contributed by atoms with Gasteiger partial charge >= 0.3 is 0 Å². The van der Waals surface area contributed by atoms with Crippen LogP contribution in [-0.4, -0.2) is 42.6 Å². The minimum absolute atomic E-state index is 0.00852. The first-order valence-electron chi connectivity index (χ1n) is 8.48. The second-order valence-electron chi connectivity index (χ2n) is 6.79. The van der Waals surface area contributed by atoms with Crippen molar-refractivity contribution in [2.45, 2.75) is 45.4 Å². The summed E-state index contributed by atoms with van der Waals surface area (Å²) in [6.45, 7) is 6.66. The zero-order valence-electron chi connectivity index (χ0n) is 13.8. The Morgan fingerprint density at radius 3 is 3.04 bits per heavy atom. The molecule has 0 unspecified atom stereocenters. The van der Waals surface area contributed by atoms with E-state index in [2.05, 4.69) is 5.32 Å². The molecule has 126 valence electrons. The summed E-state index contributed by atoms with van der Waals surface area (Å²) in [6.07, 6.45) is 2.25. The first-order valence-corrected chi connectivity index (χ1v) is 8.48. The van der Waals surface area contributed by atoms with Gasteiger partial charge in [0.1, 0.15) is 5.82 Å². The van der Waals surface area contributed by atoms with Crippen molar-refractivity contribution >= 4 is 5.91 Å². The van der Waals surface area contributed by atoms with Crippen molar-refractivity contribution in [3.8, 4) is 0 Å². The number of nitrogens with one attached hydrogen (secondary N) is 1. The summed E-state index contributed by atoms with van der Waals surface area (Å²) in [6, 6.07) is 4.88. The predicted octanol–water partition coefficient (Wildman–Crippen LogP) is 2.57. The molecule has 0 bridgehead atoms. The van der Waals surface area contributed by atoms with Crippen LogP contribution >= 0.6 is 0 Å². The number of benzene rings is 1. The molecular weight excluding hydrogens is 295 g/mol. The molecule has 0 spiro atoms. The highest BCUT2D eigenvalue weighted by molar-refractivity contribution is 5.94. The summed E-state index contributed by atoms with van der Waals surface area (Å²) < 4.78 is 19.4. The van der Waals surface area contributed by atoms with Gasteiger partial charge in [-0.25, -0.2) is 4.39 Å². The Kier molecular flexibility index (Phi) is 4.97. The van der Waals surface area contributed by atoms with Crippen LogP contribution in [0.3, 0.4) is 0 Å². The summed E-state index contributed by atoms with van der Waals surface area (Å²) >= 11 is 0. The lowest BCUT2D eigenvalue weighted by molar-refractivity contribution is 0.0571. The van der Waals surface area contributed by atoms with Gasteiger partial charge in [0.05, 0.1) is 12.7 Å². The monoisotopic (exact) mass is 320 g/mol. The smallest absolute Gasteiger partial charge is 0.254 e. The fraction of sp³-hybridized carbons (Fsp3) is 0.611. The zero-order chi connectivity index (χ0) is 16.4. The van der Waals surface area contributed by atoms with Gasteiger partial charge in [0.15, 0.2) is 0 Å². The molecule has 2 atom stereocenters. The number of rotatable bonds is 4. The molecule has 0 saturated carbocycles. The molecule has 23 heavy (non-hydrogen) atoms. The summed E-state index contributed by atoms with van der Waals surface area (Å²) in [7, 11) is 0. The van der Waals surface area contributed by atoms with Crippen LogP contribution < -0.4 is 5.32 Å². The van der Waals surface area contributed by atoms with Crippen LogP contribution in [0.15, 0.2) is 18.2 Å². The highest BCUT2D eigenvalue weighted by atomic mass is 19.1. The number of carbonyl (C=O) groups excluding carboxylic acids is 1. The zero-order valence-corrected chi connectivity index (χ0v) is 13.8. The number of amides is 1. The summed E-state index contributed by atoms with van der Waals surface area (Å²) in [5, 5.41) is 3.38. The van der Waals surface area contributed by atoms with Crippen LogP contribution in [0.4, 0.5) is 4.39 Å². The molecule has 2 heterocycles. The molecule has 4 nitrogen and oxygen atoms in total. The Morgan fingerprint density at radius 2 is 2.26 bits per heavy atom. The third-order valence-electron chi connectivity index (χ3n) is 4.80. The molecule has 0 aliphatic carbocycles. The lowest BCUT2D eigenvalue weighted by Gasteiger charge is -2.37. The minimum atomic E-state index is -0.318. The molecule has 2 fully saturated rings. The largest absolute Gasteiger partial charge is 0.374 e. The third kappa shape index (κ3) is 3.56. The third-order valence-corrected chi connectivity index (χ3v) is 4.80. The molecule has 0 aromatic heterocycles. The second-order valence-corrected chi connectivity index (χ2v) is 6.79. The number of likely N-dealkylation sites (tertiary alicyclic amines) is 1. The SMILES string of the molecule is CC(C)OCc1cc(C(=O)N2CCC[C@H]3CNC[C@H]32)ccc1F. The van der Waals surface area contributed by atoms with E-state index >= 15 is 0 Å². The highest BCUT2D eigenvalue weighted by Crippen LogP contribution is 2.28. The molecule has 0 radical (unpaired) electrons. The number of piperidine rings is 1. The van der Waals surface area contributed by atoms with Crippen LogP contribution in [-0.2, 0) is 11.3 Å². The van der Waals surface area contributed by atoms with Crippen LogP contribution in [0.5, 0.6) is 0 Å². The van der Waals surface area contributed by atoms with Crippen molar-refractivity contribution in [3.05, 3.63) is 35.1 Å². The van der Waals surface area contributed by atoms with E-state index in [0.717, 1.165) is 26.1 Å². The maximum absolute atomic E-state index is 13.9. The highest BCUT2D eigenvalue weighted by Gasteiger charge is 2.37. The molecule has 5 heteroatoms. The second kappa shape index (κ2) is 6.97. The first kappa shape index (κ1) is 16.4. The van der Waals surface area contributed by atoms with Crippen molar-refractivity contribution in [3.63, 3.8) is 0 Å². The van der Waals surface area contributed by atoms with Crippen LogP contribution in [0.1, 0.15) is 42.6 Å². The Balaban J connectivity index is 1.77. The Labute approximate surface area is 137 Å². The minimum Gasteiger partial charge on any atom is -0.374 e. The number of nitrogens with zero attached hydrogens (tertiary/aromatic N) is 1. The molecule has 1 aromatic carbocycles. The van der Waals surface area contributed by atoms with E-state index in [4.69, 9.17) is 4.74 Å². The number of fused-ring (bicyclic) bond motifs is 1. The van der Waals surface area contributed by atoms with Gasteiger partial charge in [0.2, 0.25) is 0 Å². The molecular formula is C18H25FN2O2. The number of hydrogen-bond acceptors (Lipinski definition) is 3. The average molecular weight is 320 g/mol. The van der Waals surface area contributed by atoms with Crippen molar-refractivity contribution in [1.29, 1.82) is 0 Å². The Bertz CT molecular complexity index is 576. The van der Waals surface area contributed by atoms with E-state index in [1.54, 1.807) is 12.1 Å². The molecule has 2 aliphatic heterocycles. The van der Waals surface area contributed by atoms with Gasteiger partial charge in [0, 0.05) is 36.8 Å². The molecule has 2 aliphatic rings. The van der Waals surface area contributed by atoms with E-state index in [9.17, 15) is 9.18 Å².